The fourth-order valence-electron chi connectivity index (χ4n) is 3.07. The van der Waals surface area contributed by atoms with Crippen LogP contribution in [0, 0.1) is 0 Å². The second kappa shape index (κ2) is 5.30. The molecule has 1 unspecified atom stereocenters. The third kappa shape index (κ3) is 2.32. The Morgan fingerprint density at radius 2 is 1.78 bits per heavy atom. The molecule has 0 N–H and O–H groups in total. The molecule has 1 aromatic rings. The van der Waals surface area contributed by atoms with Gasteiger partial charge in [-0.2, -0.15) is 0 Å². The van der Waals surface area contributed by atoms with Crippen molar-refractivity contribution in [1.29, 1.82) is 0 Å². The highest BCUT2D eigenvalue weighted by atomic mass is 35.5. The zero-order chi connectivity index (χ0) is 16.1. The van der Waals surface area contributed by atoms with Crippen molar-refractivity contribution in [1.82, 2.24) is 4.90 Å². The van der Waals surface area contributed by atoms with Crippen LogP contribution in [0.15, 0.2) is 12.1 Å². The topological polar surface area (TPSA) is 59.1 Å². The van der Waals surface area contributed by atoms with Crippen LogP contribution in [0.5, 0.6) is 11.5 Å². The van der Waals surface area contributed by atoms with Gasteiger partial charge in [-0.3, -0.25) is 4.79 Å². The Labute approximate surface area is 138 Å². The van der Waals surface area contributed by atoms with Crippen molar-refractivity contribution < 1.29 is 19.1 Å². The molecular formula is C16H17ClN2O4. The molecule has 0 spiro atoms. The van der Waals surface area contributed by atoms with Gasteiger partial charge in [0.25, 0.3) is 5.91 Å². The highest BCUT2D eigenvalue weighted by Gasteiger charge is 2.50. The van der Waals surface area contributed by atoms with E-state index in [0.717, 1.165) is 19.3 Å². The Bertz CT molecular complexity index is 689. The molecule has 1 saturated heterocycles. The van der Waals surface area contributed by atoms with Crippen LogP contribution in [0.4, 0.5) is 10.5 Å². The number of nitrogens with zero attached hydrogens (tertiary/aromatic N) is 2. The number of anilines is 1. The van der Waals surface area contributed by atoms with Gasteiger partial charge < -0.3 is 14.4 Å². The quantitative estimate of drug-likeness (QED) is 0.779. The van der Waals surface area contributed by atoms with Crippen LogP contribution in [0.25, 0.3) is 0 Å². The summed E-state index contributed by atoms with van der Waals surface area (Å²) in [6, 6.07) is 2.65. The van der Waals surface area contributed by atoms with E-state index in [9.17, 15) is 9.59 Å². The molecule has 23 heavy (non-hydrogen) atoms. The minimum Gasteiger partial charge on any atom is -0.490 e. The normalized spacial score (nSPS) is 24.2. The lowest BCUT2D eigenvalue weighted by Crippen LogP contribution is -2.35. The molecule has 3 aliphatic rings. The summed E-state index contributed by atoms with van der Waals surface area (Å²) in [5.41, 5.74) is 0.362. The first-order valence-electron chi connectivity index (χ1n) is 7.83. The van der Waals surface area contributed by atoms with E-state index in [2.05, 4.69) is 0 Å². The van der Waals surface area contributed by atoms with Crippen molar-refractivity contribution in [3.63, 3.8) is 0 Å². The maximum absolute atomic E-state index is 12.7. The molecule has 1 atom stereocenters. The summed E-state index contributed by atoms with van der Waals surface area (Å²) in [6.45, 7) is 2.84. The van der Waals surface area contributed by atoms with Crippen LogP contribution in [0.2, 0.25) is 5.02 Å². The molecule has 6 nitrogen and oxygen atoms in total. The molecule has 1 aromatic carbocycles. The van der Waals surface area contributed by atoms with E-state index in [-0.39, 0.29) is 18.0 Å². The summed E-state index contributed by atoms with van der Waals surface area (Å²) < 4.78 is 11.2. The first kappa shape index (κ1) is 14.6. The molecule has 1 saturated carbocycles. The van der Waals surface area contributed by atoms with E-state index >= 15 is 0 Å². The molecule has 2 aliphatic heterocycles. The number of carbonyl (C=O) groups is 2. The van der Waals surface area contributed by atoms with E-state index in [1.165, 1.54) is 4.90 Å². The summed E-state index contributed by atoms with van der Waals surface area (Å²) in [5.74, 6) is 0.806. The van der Waals surface area contributed by atoms with Gasteiger partial charge in [-0.05, 0) is 19.8 Å². The smallest absolute Gasteiger partial charge is 0.332 e. The second-order valence-corrected chi connectivity index (χ2v) is 6.48. The zero-order valence-electron chi connectivity index (χ0n) is 12.8. The highest BCUT2D eigenvalue weighted by Crippen LogP contribution is 2.42. The molecule has 0 radical (unpaired) electrons. The first-order chi connectivity index (χ1) is 11.1. The third-order valence-corrected chi connectivity index (χ3v) is 4.71. The number of ether oxygens (including phenoxy) is 2. The predicted molar refractivity (Wildman–Crippen MR) is 84.3 cm³/mol. The maximum atomic E-state index is 12.7. The number of imide groups is 1. The Morgan fingerprint density at radius 3 is 2.43 bits per heavy atom. The number of hydrogen-bond donors (Lipinski definition) is 0. The minimum absolute atomic E-state index is 0.172. The Morgan fingerprint density at radius 1 is 1.13 bits per heavy atom. The number of urea groups is 1. The van der Waals surface area contributed by atoms with Gasteiger partial charge in [-0.15, -0.1) is 0 Å². The van der Waals surface area contributed by atoms with Crippen LogP contribution in [0.1, 0.15) is 26.2 Å². The van der Waals surface area contributed by atoms with Crippen molar-refractivity contribution >= 4 is 29.2 Å². The lowest BCUT2D eigenvalue weighted by molar-refractivity contribution is -0.119. The van der Waals surface area contributed by atoms with Gasteiger partial charge in [-0.1, -0.05) is 11.6 Å². The van der Waals surface area contributed by atoms with Crippen LogP contribution < -0.4 is 14.4 Å². The van der Waals surface area contributed by atoms with Crippen molar-refractivity contribution in [2.24, 2.45) is 0 Å². The van der Waals surface area contributed by atoms with Crippen molar-refractivity contribution in [3.8, 4) is 11.5 Å². The van der Waals surface area contributed by atoms with Gasteiger partial charge in [0.1, 0.15) is 6.04 Å². The highest BCUT2D eigenvalue weighted by molar-refractivity contribution is 6.36. The number of halogens is 1. The second-order valence-electron chi connectivity index (χ2n) is 6.07. The van der Waals surface area contributed by atoms with E-state index in [1.54, 1.807) is 24.0 Å². The van der Waals surface area contributed by atoms with Gasteiger partial charge in [0, 0.05) is 24.6 Å². The van der Waals surface area contributed by atoms with Crippen LogP contribution in [-0.2, 0) is 4.79 Å². The number of rotatable bonds is 2. The van der Waals surface area contributed by atoms with Crippen molar-refractivity contribution in [2.75, 3.05) is 18.1 Å². The fraction of sp³-hybridized carbons (Fsp3) is 0.500. The first-order valence-corrected chi connectivity index (χ1v) is 8.21. The largest absolute Gasteiger partial charge is 0.490 e. The Kier molecular flexibility index (Phi) is 3.37. The monoisotopic (exact) mass is 336 g/mol. The average molecular weight is 337 g/mol. The van der Waals surface area contributed by atoms with E-state index in [4.69, 9.17) is 21.1 Å². The minimum atomic E-state index is -0.456. The lowest BCUT2D eigenvalue weighted by Gasteiger charge is -2.19. The molecule has 7 heteroatoms. The zero-order valence-corrected chi connectivity index (χ0v) is 13.5. The molecule has 3 amide bonds. The van der Waals surface area contributed by atoms with Gasteiger partial charge in [-0.25, -0.2) is 9.69 Å². The molecule has 1 aliphatic carbocycles. The SMILES string of the molecule is CC1C(=O)N(c2cc3c(cc2Cl)OCCCO3)C(=O)N1C1CC1. The summed E-state index contributed by atoms with van der Waals surface area (Å²) in [7, 11) is 0. The molecule has 2 fully saturated rings. The Hall–Kier alpha value is -1.95. The number of amides is 3. The summed E-state index contributed by atoms with van der Waals surface area (Å²) in [5, 5.41) is 0.306. The number of benzene rings is 1. The summed E-state index contributed by atoms with van der Waals surface area (Å²) in [6.07, 6.45) is 2.67. The molecule has 0 aromatic heterocycles. The van der Waals surface area contributed by atoms with Gasteiger partial charge in [0.15, 0.2) is 11.5 Å². The molecule has 2 heterocycles. The number of carbonyl (C=O) groups excluding carboxylic acids is 2. The number of hydrogen-bond acceptors (Lipinski definition) is 4. The van der Waals surface area contributed by atoms with E-state index in [1.807, 2.05) is 0 Å². The number of fused-ring (bicyclic) bond motifs is 1. The maximum Gasteiger partial charge on any atom is 0.332 e. The third-order valence-electron chi connectivity index (χ3n) is 4.41. The fourth-order valence-corrected chi connectivity index (χ4v) is 3.31. The average Bonchev–Trinajstić information content (AvgIpc) is 3.32. The molecular weight excluding hydrogens is 320 g/mol. The Balaban J connectivity index is 1.73. The standard InChI is InChI=1S/C16H17ClN2O4/c1-9-15(20)19(16(21)18(9)10-3-4-10)12-8-14-13(7-11(12)17)22-5-2-6-23-14/h7-10H,2-6H2,1H3. The van der Waals surface area contributed by atoms with Crippen LogP contribution >= 0.6 is 11.6 Å². The van der Waals surface area contributed by atoms with Crippen molar-refractivity contribution in [3.05, 3.63) is 17.2 Å². The summed E-state index contributed by atoms with van der Waals surface area (Å²) in [4.78, 5) is 28.1. The predicted octanol–water partition coefficient (Wildman–Crippen LogP) is 2.82. The van der Waals surface area contributed by atoms with E-state index in [0.29, 0.717) is 35.4 Å². The molecule has 4 rings (SSSR count). The molecule has 122 valence electrons. The molecule has 0 bridgehead atoms. The van der Waals surface area contributed by atoms with Crippen molar-refractivity contribution in [2.45, 2.75) is 38.3 Å². The van der Waals surface area contributed by atoms with Gasteiger partial charge in [0.05, 0.1) is 23.9 Å². The summed E-state index contributed by atoms with van der Waals surface area (Å²) >= 11 is 6.32. The van der Waals surface area contributed by atoms with E-state index < -0.39 is 6.04 Å². The van der Waals surface area contributed by atoms with Gasteiger partial charge in [0.2, 0.25) is 0 Å². The van der Waals surface area contributed by atoms with Crippen LogP contribution in [0.3, 0.4) is 0 Å². The lowest BCUT2D eigenvalue weighted by atomic mass is 10.2. The van der Waals surface area contributed by atoms with Gasteiger partial charge >= 0.3 is 6.03 Å². The van der Waals surface area contributed by atoms with Crippen LogP contribution in [-0.4, -0.2) is 42.1 Å².